The fourth-order valence-electron chi connectivity index (χ4n) is 8.12. The Hall–Kier alpha value is -6.24. The van der Waals surface area contributed by atoms with Crippen LogP contribution < -0.4 is 21.3 Å². The van der Waals surface area contributed by atoms with Gasteiger partial charge in [-0.3, -0.25) is 16.0 Å². The van der Waals surface area contributed by atoms with Crippen molar-refractivity contribution in [2.24, 2.45) is 0 Å². The summed E-state index contributed by atoms with van der Waals surface area (Å²) in [6, 6.07) is 60.9. The average molecular weight is 686 g/mol. The largest absolute Gasteiger partial charge is 0.367 e. The van der Waals surface area contributed by atoms with Crippen molar-refractivity contribution < 1.29 is 0 Å². The van der Waals surface area contributed by atoms with Gasteiger partial charge in [-0.1, -0.05) is 164 Å². The first kappa shape index (κ1) is 31.5. The van der Waals surface area contributed by atoms with Gasteiger partial charge in [-0.25, -0.2) is 0 Å². The average Bonchev–Trinajstić information content (AvgIpc) is 3.59. The van der Waals surface area contributed by atoms with E-state index in [0.717, 1.165) is 5.57 Å². The first-order chi connectivity index (χ1) is 26.3. The number of dihydropyridines is 1. The normalized spacial score (nSPS) is 20.0. The van der Waals surface area contributed by atoms with Crippen molar-refractivity contribution in [3.63, 3.8) is 0 Å². The van der Waals surface area contributed by atoms with E-state index < -0.39 is 0 Å². The summed E-state index contributed by atoms with van der Waals surface area (Å²) in [6.45, 7) is 0. The molecule has 0 radical (unpaired) electrons. The molecule has 4 unspecified atom stereocenters. The van der Waals surface area contributed by atoms with Gasteiger partial charge < -0.3 is 9.88 Å². The summed E-state index contributed by atoms with van der Waals surface area (Å²) in [5.41, 5.74) is 10.8. The van der Waals surface area contributed by atoms with E-state index in [4.69, 9.17) is 0 Å². The smallest absolute Gasteiger partial charge is 0.123 e. The molecule has 4 atom stereocenters. The lowest BCUT2D eigenvalue weighted by molar-refractivity contribution is 0.223. The molecule has 0 spiro atoms. The first-order valence-electron chi connectivity index (χ1n) is 18.4. The van der Waals surface area contributed by atoms with Crippen molar-refractivity contribution >= 4 is 32.6 Å². The second-order valence-electron chi connectivity index (χ2n) is 14.0. The lowest BCUT2D eigenvalue weighted by Gasteiger charge is -2.40. The van der Waals surface area contributed by atoms with Crippen LogP contribution >= 0.6 is 0 Å². The quantitative estimate of drug-likeness (QED) is 0.141. The summed E-state index contributed by atoms with van der Waals surface area (Å²) in [6.07, 6.45) is 6.47. The lowest BCUT2D eigenvalue weighted by atomic mass is 10.0. The fourth-order valence-corrected chi connectivity index (χ4v) is 8.12. The van der Waals surface area contributed by atoms with Crippen molar-refractivity contribution in [1.29, 1.82) is 0 Å². The van der Waals surface area contributed by atoms with Crippen LogP contribution in [0.25, 0.3) is 54.8 Å². The van der Waals surface area contributed by atoms with Crippen LogP contribution in [0.3, 0.4) is 0 Å². The lowest BCUT2D eigenvalue weighted by Crippen LogP contribution is -2.59. The van der Waals surface area contributed by atoms with E-state index in [9.17, 15) is 0 Å². The topological polar surface area (TPSA) is 53.1 Å². The highest BCUT2D eigenvalue weighted by Crippen LogP contribution is 2.39. The van der Waals surface area contributed by atoms with Gasteiger partial charge in [0.15, 0.2) is 0 Å². The van der Waals surface area contributed by atoms with Crippen molar-refractivity contribution in [2.45, 2.75) is 24.7 Å². The van der Waals surface area contributed by atoms with Crippen LogP contribution in [0.1, 0.15) is 29.6 Å². The Labute approximate surface area is 309 Å². The number of rotatable bonds is 6. The number of fused-ring (bicyclic) bond motifs is 5. The molecule has 1 fully saturated rings. The van der Waals surface area contributed by atoms with E-state index in [2.05, 4.69) is 214 Å². The number of aromatic nitrogens is 1. The monoisotopic (exact) mass is 685 g/mol. The molecule has 5 nitrogen and oxygen atoms in total. The van der Waals surface area contributed by atoms with Gasteiger partial charge in [0.2, 0.25) is 0 Å². The van der Waals surface area contributed by atoms with Crippen molar-refractivity contribution in [3.8, 4) is 22.3 Å². The van der Waals surface area contributed by atoms with E-state index in [1.165, 1.54) is 66.0 Å². The zero-order valence-corrected chi connectivity index (χ0v) is 29.2. The molecular weight excluding hydrogens is 647 g/mol. The molecule has 53 heavy (non-hydrogen) atoms. The molecule has 1 aromatic heterocycles. The predicted octanol–water partition coefficient (Wildman–Crippen LogP) is 10.3. The van der Waals surface area contributed by atoms with E-state index in [1.807, 2.05) is 0 Å². The molecule has 0 amide bonds. The highest BCUT2D eigenvalue weighted by Gasteiger charge is 2.31. The summed E-state index contributed by atoms with van der Waals surface area (Å²) >= 11 is 0. The minimum atomic E-state index is -0.100. The molecule has 5 heteroatoms. The van der Waals surface area contributed by atoms with Crippen molar-refractivity contribution in [2.75, 3.05) is 0 Å². The van der Waals surface area contributed by atoms with Gasteiger partial charge in [-0.05, 0) is 67.9 Å². The molecule has 3 heterocycles. The molecule has 2 aliphatic heterocycles. The number of nitrogens with zero attached hydrogens (tertiary/aromatic N) is 1. The molecule has 8 aromatic rings. The number of hydrogen-bond donors (Lipinski definition) is 4. The van der Waals surface area contributed by atoms with Crippen LogP contribution in [-0.4, -0.2) is 10.7 Å². The Kier molecular flexibility index (Phi) is 7.95. The fraction of sp³-hybridized carbons (Fsp3) is 0.0833. The summed E-state index contributed by atoms with van der Waals surface area (Å²) in [4.78, 5) is 0. The Morgan fingerprint density at radius 3 is 1.72 bits per heavy atom. The Morgan fingerprint density at radius 1 is 0.434 bits per heavy atom. The van der Waals surface area contributed by atoms with Gasteiger partial charge in [0.25, 0.3) is 0 Å². The molecule has 2 aliphatic rings. The number of benzene rings is 7. The van der Waals surface area contributed by atoms with Crippen molar-refractivity contribution in [1.82, 2.24) is 25.8 Å². The molecule has 0 bridgehead atoms. The standard InChI is InChI=1S/C48H39N5/c1-4-12-32(13-5-1)34-20-22-37(23-21-34)47-50-46(36-17-8-3-9-18-36)51-48(52-47)39-26-29-44(49-31-39)53-42-28-25-35-16-10-11-19-40(35)45(42)41-27-24-38(30-43(41)53)33-14-6-2-7-15-33/h1-31,44,46-52H. The van der Waals surface area contributed by atoms with E-state index in [-0.39, 0.29) is 24.7 Å². The third-order valence-corrected chi connectivity index (χ3v) is 10.8. The molecule has 10 rings (SSSR count). The minimum absolute atomic E-state index is 0.0460. The van der Waals surface area contributed by atoms with Gasteiger partial charge in [0, 0.05) is 17.0 Å². The summed E-state index contributed by atoms with van der Waals surface area (Å²) < 4.78 is 2.46. The molecule has 4 N–H and O–H groups in total. The molecule has 0 aliphatic carbocycles. The summed E-state index contributed by atoms with van der Waals surface area (Å²) in [5.74, 6) is 0. The van der Waals surface area contributed by atoms with Crippen molar-refractivity contribution in [3.05, 3.63) is 205 Å². The Balaban J connectivity index is 0.999. The Bertz CT molecular complexity index is 2630. The van der Waals surface area contributed by atoms with Crippen LogP contribution in [0.15, 0.2) is 194 Å². The molecule has 0 saturated carbocycles. The molecule has 256 valence electrons. The van der Waals surface area contributed by atoms with Crippen LogP contribution in [0, 0.1) is 0 Å². The van der Waals surface area contributed by atoms with Crippen LogP contribution in [-0.2, 0) is 0 Å². The number of nitrogens with one attached hydrogen (secondary N) is 4. The summed E-state index contributed by atoms with van der Waals surface area (Å²) in [5, 5.41) is 20.4. The van der Waals surface area contributed by atoms with E-state index in [0.29, 0.717) is 0 Å². The van der Waals surface area contributed by atoms with Crippen LogP contribution in [0.2, 0.25) is 0 Å². The number of hydrogen-bond acceptors (Lipinski definition) is 4. The molecular formula is C48H39N5. The third-order valence-electron chi connectivity index (χ3n) is 10.8. The molecule has 1 saturated heterocycles. The van der Waals surface area contributed by atoms with Gasteiger partial charge in [-0.2, -0.15) is 0 Å². The van der Waals surface area contributed by atoms with Gasteiger partial charge >= 0.3 is 0 Å². The summed E-state index contributed by atoms with van der Waals surface area (Å²) in [7, 11) is 0. The van der Waals surface area contributed by atoms with E-state index in [1.54, 1.807) is 0 Å². The van der Waals surface area contributed by atoms with Gasteiger partial charge in [0.1, 0.15) is 6.17 Å². The van der Waals surface area contributed by atoms with Crippen LogP contribution in [0.5, 0.6) is 0 Å². The highest BCUT2D eigenvalue weighted by atomic mass is 15.4. The SMILES string of the molecule is C1=CC(n2c3cc(-c4ccccc4)ccc3c3c4ccccc4ccc32)NC=C1C1NC(c2ccccc2)NC(c2ccc(-c3ccccc3)cc2)N1. The minimum Gasteiger partial charge on any atom is -0.367 e. The molecule has 7 aromatic carbocycles. The highest BCUT2D eigenvalue weighted by molar-refractivity contribution is 6.21. The maximum atomic E-state index is 3.86. The second-order valence-corrected chi connectivity index (χ2v) is 14.0. The zero-order chi connectivity index (χ0) is 35.1. The maximum absolute atomic E-state index is 3.86. The Morgan fingerprint density at radius 2 is 1.02 bits per heavy atom. The first-order valence-corrected chi connectivity index (χ1v) is 18.4. The van der Waals surface area contributed by atoms with Gasteiger partial charge in [-0.15, -0.1) is 0 Å². The second kappa shape index (κ2) is 13.4. The third kappa shape index (κ3) is 5.81. The van der Waals surface area contributed by atoms with Crippen LogP contribution in [0.4, 0.5) is 0 Å². The van der Waals surface area contributed by atoms with E-state index >= 15 is 0 Å². The van der Waals surface area contributed by atoms with Gasteiger partial charge in [0.05, 0.1) is 29.5 Å². The predicted molar refractivity (Wildman–Crippen MR) is 219 cm³/mol. The zero-order valence-electron chi connectivity index (χ0n) is 29.2. The maximum Gasteiger partial charge on any atom is 0.123 e.